The van der Waals surface area contributed by atoms with Gasteiger partial charge in [0.15, 0.2) is 5.78 Å². The van der Waals surface area contributed by atoms with Crippen LogP contribution in [0.5, 0.6) is 5.75 Å². The van der Waals surface area contributed by atoms with Gasteiger partial charge in [-0.2, -0.15) is 13.2 Å². The molecule has 154 valence electrons. The number of hydrogen-bond donors (Lipinski definition) is 0. The first-order valence-corrected chi connectivity index (χ1v) is 9.44. The summed E-state index contributed by atoms with van der Waals surface area (Å²) in [5, 5.41) is 0. The highest BCUT2D eigenvalue weighted by Crippen LogP contribution is 2.40. The minimum atomic E-state index is -4.48. The molecular weight excluding hydrogens is 383 g/mol. The largest absolute Gasteiger partial charge is 0.496 e. The van der Waals surface area contributed by atoms with Crippen LogP contribution in [-0.2, 0) is 11.0 Å². The third kappa shape index (κ3) is 4.78. The quantitative estimate of drug-likeness (QED) is 0.633. The van der Waals surface area contributed by atoms with Crippen molar-refractivity contribution in [3.8, 4) is 5.75 Å². The molecule has 1 atom stereocenters. The third-order valence-electron chi connectivity index (χ3n) is 5.15. The van der Waals surface area contributed by atoms with Crippen molar-refractivity contribution in [3.05, 3.63) is 65.2 Å². The lowest BCUT2D eigenvalue weighted by atomic mass is 9.99. The van der Waals surface area contributed by atoms with Gasteiger partial charge in [-0.1, -0.05) is 30.3 Å². The Morgan fingerprint density at radius 1 is 1.10 bits per heavy atom. The minimum Gasteiger partial charge on any atom is -0.496 e. The molecule has 2 aromatic carbocycles. The molecule has 0 aliphatic carbocycles. The number of alkyl halides is 3. The van der Waals surface area contributed by atoms with Crippen LogP contribution in [0.25, 0.3) is 0 Å². The summed E-state index contributed by atoms with van der Waals surface area (Å²) in [7, 11) is 1.39. The average molecular weight is 405 g/mol. The summed E-state index contributed by atoms with van der Waals surface area (Å²) < 4.78 is 44.7. The van der Waals surface area contributed by atoms with E-state index >= 15 is 0 Å². The van der Waals surface area contributed by atoms with Crippen LogP contribution >= 0.6 is 0 Å². The molecule has 0 N–H and O–H groups in total. The maximum absolute atomic E-state index is 13.2. The SMILES string of the molecule is COc1ccc(C(F)(F)F)cc1C1CCCN1C(=O)CCC(=O)c1ccccc1. The van der Waals surface area contributed by atoms with E-state index in [2.05, 4.69) is 0 Å². The van der Waals surface area contributed by atoms with Crippen molar-refractivity contribution in [3.63, 3.8) is 0 Å². The number of benzene rings is 2. The number of carbonyl (C=O) groups excluding carboxylic acids is 2. The Kier molecular flexibility index (Phi) is 6.25. The molecule has 0 bridgehead atoms. The van der Waals surface area contributed by atoms with E-state index in [0.717, 1.165) is 12.1 Å². The molecule has 29 heavy (non-hydrogen) atoms. The molecule has 4 nitrogen and oxygen atoms in total. The summed E-state index contributed by atoms with van der Waals surface area (Å²) in [6.07, 6.45) is -3.16. The highest BCUT2D eigenvalue weighted by molar-refractivity contribution is 5.97. The van der Waals surface area contributed by atoms with E-state index < -0.39 is 17.8 Å². The Morgan fingerprint density at radius 2 is 1.83 bits per heavy atom. The lowest BCUT2D eigenvalue weighted by Crippen LogP contribution is -2.31. The van der Waals surface area contributed by atoms with Crippen LogP contribution in [-0.4, -0.2) is 30.2 Å². The molecule has 0 spiro atoms. The van der Waals surface area contributed by atoms with Crippen molar-refractivity contribution in [2.75, 3.05) is 13.7 Å². The Labute approximate surface area is 167 Å². The standard InChI is InChI=1S/C22H22F3NO3/c1-29-20-11-9-16(22(23,24)25)14-17(20)18-8-5-13-26(18)21(28)12-10-19(27)15-6-3-2-4-7-15/h2-4,6-7,9,11,14,18H,5,8,10,12-13H2,1H3. The Bertz CT molecular complexity index is 881. The monoisotopic (exact) mass is 405 g/mol. The first kappa shape index (κ1) is 20.9. The lowest BCUT2D eigenvalue weighted by Gasteiger charge is -2.27. The van der Waals surface area contributed by atoms with Gasteiger partial charge in [-0.15, -0.1) is 0 Å². The zero-order valence-corrected chi connectivity index (χ0v) is 16.0. The fourth-order valence-electron chi connectivity index (χ4n) is 3.69. The van der Waals surface area contributed by atoms with Crippen LogP contribution in [0.3, 0.4) is 0 Å². The average Bonchev–Trinajstić information content (AvgIpc) is 3.21. The van der Waals surface area contributed by atoms with Gasteiger partial charge in [0.2, 0.25) is 5.91 Å². The summed E-state index contributed by atoms with van der Waals surface area (Å²) in [5.74, 6) is -0.0503. The Balaban J connectivity index is 1.76. The molecule has 1 aliphatic rings. The highest BCUT2D eigenvalue weighted by Gasteiger charge is 2.36. The Morgan fingerprint density at radius 3 is 2.48 bits per heavy atom. The molecule has 0 aromatic heterocycles. The van der Waals surface area contributed by atoms with E-state index in [-0.39, 0.29) is 24.5 Å². The van der Waals surface area contributed by atoms with Gasteiger partial charge in [0.05, 0.1) is 18.7 Å². The molecule has 1 saturated heterocycles. The molecule has 0 radical (unpaired) electrons. The van der Waals surface area contributed by atoms with E-state index in [1.54, 1.807) is 35.2 Å². The van der Waals surface area contributed by atoms with E-state index in [9.17, 15) is 22.8 Å². The van der Waals surface area contributed by atoms with Crippen molar-refractivity contribution in [2.24, 2.45) is 0 Å². The predicted octanol–water partition coefficient (Wildman–Crippen LogP) is 5.04. The normalized spacial score (nSPS) is 16.7. The maximum atomic E-state index is 13.2. The van der Waals surface area contributed by atoms with Gasteiger partial charge in [0.25, 0.3) is 0 Å². The number of rotatable bonds is 6. The maximum Gasteiger partial charge on any atom is 0.416 e. The van der Waals surface area contributed by atoms with Crippen LogP contribution in [0.15, 0.2) is 48.5 Å². The molecular formula is C22H22F3NO3. The van der Waals surface area contributed by atoms with Gasteiger partial charge in [-0.25, -0.2) is 0 Å². The lowest BCUT2D eigenvalue weighted by molar-refractivity contribution is -0.137. The van der Waals surface area contributed by atoms with Gasteiger partial charge in [-0.3, -0.25) is 9.59 Å². The topological polar surface area (TPSA) is 46.6 Å². The van der Waals surface area contributed by atoms with Gasteiger partial charge in [0, 0.05) is 30.5 Å². The van der Waals surface area contributed by atoms with Crippen LogP contribution < -0.4 is 4.74 Å². The highest BCUT2D eigenvalue weighted by atomic mass is 19.4. The number of methoxy groups -OCH3 is 1. The molecule has 1 heterocycles. The van der Waals surface area contributed by atoms with E-state index in [1.165, 1.54) is 13.2 Å². The second-order valence-electron chi connectivity index (χ2n) is 6.99. The number of Topliss-reactive ketones (excluding diaryl/α,β-unsaturated/α-hetero) is 1. The fraction of sp³-hybridized carbons (Fsp3) is 0.364. The van der Waals surface area contributed by atoms with Gasteiger partial charge in [-0.05, 0) is 31.0 Å². The second-order valence-corrected chi connectivity index (χ2v) is 6.99. The first-order valence-electron chi connectivity index (χ1n) is 9.44. The smallest absolute Gasteiger partial charge is 0.416 e. The van der Waals surface area contributed by atoms with Crippen LogP contribution in [0.2, 0.25) is 0 Å². The van der Waals surface area contributed by atoms with Gasteiger partial charge in [0.1, 0.15) is 5.75 Å². The van der Waals surface area contributed by atoms with E-state index in [4.69, 9.17) is 4.74 Å². The number of hydrogen-bond acceptors (Lipinski definition) is 3. The van der Waals surface area contributed by atoms with Crippen molar-refractivity contribution >= 4 is 11.7 Å². The number of halogens is 3. The number of likely N-dealkylation sites (tertiary alicyclic amines) is 1. The Hall–Kier alpha value is -2.83. The van der Waals surface area contributed by atoms with E-state index in [1.807, 2.05) is 0 Å². The van der Waals surface area contributed by atoms with Crippen molar-refractivity contribution in [1.82, 2.24) is 4.90 Å². The molecule has 2 aromatic rings. The number of ether oxygens (including phenoxy) is 1. The summed E-state index contributed by atoms with van der Waals surface area (Å²) in [4.78, 5) is 26.6. The molecule has 1 unspecified atom stereocenters. The number of ketones is 1. The molecule has 3 rings (SSSR count). The summed E-state index contributed by atoms with van der Waals surface area (Å²) >= 11 is 0. The second kappa shape index (κ2) is 8.68. The third-order valence-corrected chi connectivity index (χ3v) is 5.15. The molecule has 0 saturated carbocycles. The van der Waals surface area contributed by atoms with Crippen LogP contribution in [0.4, 0.5) is 13.2 Å². The fourth-order valence-corrected chi connectivity index (χ4v) is 3.69. The van der Waals surface area contributed by atoms with Gasteiger partial charge < -0.3 is 9.64 Å². The molecule has 1 amide bonds. The zero-order chi connectivity index (χ0) is 21.0. The summed E-state index contributed by atoms with van der Waals surface area (Å²) in [6, 6.07) is 11.5. The molecule has 1 fully saturated rings. The number of amides is 1. The number of carbonyl (C=O) groups is 2. The summed E-state index contributed by atoms with van der Waals surface area (Å²) in [6.45, 7) is 0.447. The molecule has 1 aliphatic heterocycles. The number of nitrogens with zero attached hydrogens (tertiary/aromatic N) is 1. The summed E-state index contributed by atoms with van der Waals surface area (Å²) in [5.41, 5.74) is 0.118. The van der Waals surface area contributed by atoms with Crippen molar-refractivity contribution in [2.45, 2.75) is 37.9 Å². The van der Waals surface area contributed by atoms with Crippen LogP contribution in [0, 0.1) is 0 Å². The van der Waals surface area contributed by atoms with Crippen molar-refractivity contribution < 1.29 is 27.5 Å². The predicted molar refractivity (Wildman–Crippen MR) is 102 cm³/mol. The zero-order valence-electron chi connectivity index (χ0n) is 16.0. The van der Waals surface area contributed by atoms with E-state index in [0.29, 0.717) is 36.3 Å². The van der Waals surface area contributed by atoms with Crippen LogP contribution in [0.1, 0.15) is 53.2 Å². The van der Waals surface area contributed by atoms with Gasteiger partial charge >= 0.3 is 6.18 Å². The van der Waals surface area contributed by atoms with Crippen molar-refractivity contribution in [1.29, 1.82) is 0 Å². The minimum absolute atomic E-state index is 0.0193. The first-order chi connectivity index (χ1) is 13.8. The molecule has 7 heteroatoms.